The van der Waals surface area contributed by atoms with Crippen molar-refractivity contribution in [3.63, 3.8) is 0 Å². The summed E-state index contributed by atoms with van der Waals surface area (Å²) in [5.74, 6) is 0.281. The third kappa shape index (κ3) is 4.12. The van der Waals surface area contributed by atoms with E-state index in [-0.39, 0.29) is 11.0 Å². The van der Waals surface area contributed by atoms with Crippen LogP contribution >= 0.6 is 23.8 Å². The molecular formula is C11H15ClN2O2S. The Labute approximate surface area is 110 Å². The molecule has 0 fully saturated rings. The molecule has 2 atom stereocenters. The van der Waals surface area contributed by atoms with E-state index < -0.39 is 12.2 Å². The normalized spacial score (nSPS) is 14.1. The third-order valence-corrected chi connectivity index (χ3v) is 2.63. The number of anilines is 1. The molecule has 0 aliphatic carbocycles. The lowest BCUT2D eigenvalue weighted by Gasteiger charge is -2.20. The third-order valence-electron chi connectivity index (χ3n) is 2.31. The predicted octanol–water partition coefficient (Wildman–Crippen LogP) is 1.37. The number of rotatable bonds is 5. The van der Waals surface area contributed by atoms with Gasteiger partial charge in [0.2, 0.25) is 0 Å². The van der Waals surface area contributed by atoms with Gasteiger partial charge in [-0.15, -0.1) is 11.6 Å². The van der Waals surface area contributed by atoms with E-state index in [0.717, 1.165) is 0 Å². The molecule has 0 aromatic heterocycles. The van der Waals surface area contributed by atoms with Crippen LogP contribution in [0, 0.1) is 0 Å². The van der Waals surface area contributed by atoms with Crippen molar-refractivity contribution in [3.8, 4) is 0 Å². The van der Waals surface area contributed by atoms with Crippen molar-refractivity contribution < 1.29 is 10.2 Å². The van der Waals surface area contributed by atoms with Gasteiger partial charge >= 0.3 is 0 Å². The summed E-state index contributed by atoms with van der Waals surface area (Å²) in [7, 11) is 0. The Kier molecular flexibility index (Phi) is 5.64. The fourth-order valence-corrected chi connectivity index (χ4v) is 1.81. The first-order valence-corrected chi connectivity index (χ1v) is 6.08. The molecule has 1 aromatic rings. The minimum absolute atomic E-state index is 0.108. The molecule has 4 nitrogen and oxygen atoms in total. The summed E-state index contributed by atoms with van der Waals surface area (Å²) in [5, 5.41) is 22.5. The lowest BCUT2D eigenvalue weighted by atomic mass is 10.0. The fourth-order valence-electron chi connectivity index (χ4n) is 1.48. The maximum absolute atomic E-state index is 9.98. The molecule has 0 aliphatic heterocycles. The van der Waals surface area contributed by atoms with Gasteiger partial charge in [-0.3, -0.25) is 0 Å². The molecule has 5 N–H and O–H groups in total. The molecule has 1 aromatic carbocycles. The van der Waals surface area contributed by atoms with Crippen molar-refractivity contribution in [1.29, 1.82) is 0 Å². The number of para-hydroxylation sites is 1. The molecule has 0 saturated heterocycles. The molecule has 0 spiro atoms. The maximum Gasteiger partial charge on any atom is 0.168 e. The van der Waals surface area contributed by atoms with Crippen LogP contribution in [-0.4, -0.2) is 27.3 Å². The van der Waals surface area contributed by atoms with Gasteiger partial charge < -0.3 is 21.3 Å². The van der Waals surface area contributed by atoms with Crippen LogP contribution in [0.2, 0.25) is 0 Å². The van der Waals surface area contributed by atoms with E-state index in [1.54, 1.807) is 24.3 Å². The molecule has 0 radical (unpaired) electrons. The van der Waals surface area contributed by atoms with E-state index in [9.17, 15) is 10.2 Å². The summed E-state index contributed by atoms with van der Waals surface area (Å²) in [5.41, 5.74) is 6.51. The Morgan fingerprint density at radius 2 is 2.06 bits per heavy atom. The van der Waals surface area contributed by atoms with Crippen LogP contribution in [0.5, 0.6) is 0 Å². The van der Waals surface area contributed by atoms with Crippen LogP contribution in [0.25, 0.3) is 0 Å². The van der Waals surface area contributed by atoms with E-state index >= 15 is 0 Å². The van der Waals surface area contributed by atoms with Crippen LogP contribution in [0.3, 0.4) is 0 Å². The Morgan fingerprint density at radius 1 is 1.41 bits per heavy atom. The SMILES string of the molecule is NC(=S)Nc1ccccc1C(O)C(O)CCCl. The van der Waals surface area contributed by atoms with Crippen molar-refractivity contribution in [2.75, 3.05) is 11.2 Å². The number of aliphatic hydroxyl groups is 2. The van der Waals surface area contributed by atoms with Crippen molar-refractivity contribution in [3.05, 3.63) is 29.8 Å². The molecule has 0 heterocycles. The van der Waals surface area contributed by atoms with Gasteiger partial charge in [0.1, 0.15) is 6.10 Å². The lowest BCUT2D eigenvalue weighted by molar-refractivity contribution is 0.0174. The number of nitrogens with two attached hydrogens (primary N) is 1. The highest BCUT2D eigenvalue weighted by Crippen LogP contribution is 2.26. The summed E-state index contributed by atoms with van der Waals surface area (Å²) < 4.78 is 0. The molecule has 1 rings (SSSR count). The van der Waals surface area contributed by atoms with Crippen LogP contribution in [0.15, 0.2) is 24.3 Å². The highest BCUT2D eigenvalue weighted by molar-refractivity contribution is 7.80. The Bertz CT molecular complexity index is 389. The average Bonchev–Trinajstić information content (AvgIpc) is 2.28. The maximum atomic E-state index is 9.98. The molecule has 2 unspecified atom stereocenters. The predicted molar refractivity (Wildman–Crippen MR) is 73.2 cm³/mol. The first-order chi connectivity index (χ1) is 8.06. The van der Waals surface area contributed by atoms with Crippen LogP contribution in [-0.2, 0) is 0 Å². The number of hydrogen-bond acceptors (Lipinski definition) is 3. The number of halogens is 1. The van der Waals surface area contributed by atoms with Gasteiger partial charge in [0.25, 0.3) is 0 Å². The monoisotopic (exact) mass is 274 g/mol. The number of benzene rings is 1. The molecule has 0 amide bonds. The van der Waals surface area contributed by atoms with Crippen molar-refractivity contribution in [1.82, 2.24) is 0 Å². The first kappa shape index (κ1) is 14.2. The minimum Gasteiger partial charge on any atom is -0.390 e. The fraction of sp³-hybridized carbons (Fsp3) is 0.364. The zero-order valence-corrected chi connectivity index (χ0v) is 10.7. The Morgan fingerprint density at radius 3 is 2.65 bits per heavy atom. The quantitative estimate of drug-likeness (QED) is 0.482. The molecule has 0 saturated carbocycles. The number of thiocarbonyl (C=S) groups is 1. The van der Waals surface area contributed by atoms with E-state index in [2.05, 4.69) is 5.32 Å². The molecule has 0 aliphatic rings. The number of nitrogens with one attached hydrogen (secondary N) is 1. The topological polar surface area (TPSA) is 78.5 Å². The summed E-state index contributed by atoms with van der Waals surface area (Å²) in [4.78, 5) is 0. The molecule has 17 heavy (non-hydrogen) atoms. The van der Waals surface area contributed by atoms with Crippen LogP contribution < -0.4 is 11.1 Å². The van der Waals surface area contributed by atoms with Gasteiger partial charge in [0.05, 0.1) is 6.10 Å². The van der Waals surface area contributed by atoms with Crippen molar-refractivity contribution >= 4 is 34.6 Å². The highest BCUT2D eigenvalue weighted by atomic mass is 35.5. The van der Waals surface area contributed by atoms with Gasteiger partial charge in [-0.2, -0.15) is 0 Å². The lowest BCUT2D eigenvalue weighted by Crippen LogP contribution is -2.23. The van der Waals surface area contributed by atoms with Crippen LogP contribution in [0.1, 0.15) is 18.1 Å². The van der Waals surface area contributed by atoms with E-state index in [1.807, 2.05) is 0 Å². The van der Waals surface area contributed by atoms with E-state index in [0.29, 0.717) is 17.7 Å². The summed E-state index contributed by atoms with van der Waals surface area (Å²) in [6.45, 7) is 0. The Hall–Kier alpha value is -0.880. The zero-order valence-electron chi connectivity index (χ0n) is 9.14. The van der Waals surface area contributed by atoms with Gasteiger partial charge in [-0.1, -0.05) is 18.2 Å². The van der Waals surface area contributed by atoms with Gasteiger partial charge in [-0.05, 0) is 24.7 Å². The summed E-state index contributed by atoms with van der Waals surface area (Å²) >= 11 is 10.3. The van der Waals surface area contributed by atoms with Crippen molar-refractivity contribution in [2.45, 2.75) is 18.6 Å². The molecule has 0 bridgehead atoms. The minimum atomic E-state index is -1.02. The van der Waals surface area contributed by atoms with Gasteiger partial charge in [0, 0.05) is 17.1 Å². The standard InChI is InChI=1S/C11H15ClN2O2S/c12-6-5-9(15)10(16)7-3-1-2-4-8(7)14-11(13)17/h1-4,9-10,15-16H,5-6H2,(H3,13,14,17). The second-order valence-corrected chi connectivity index (χ2v) is 4.38. The molecule has 94 valence electrons. The number of alkyl halides is 1. The largest absolute Gasteiger partial charge is 0.390 e. The number of hydrogen-bond donors (Lipinski definition) is 4. The zero-order chi connectivity index (χ0) is 12.8. The van der Waals surface area contributed by atoms with Gasteiger partial charge in [-0.25, -0.2) is 0 Å². The highest BCUT2D eigenvalue weighted by Gasteiger charge is 2.20. The van der Waals surface area contributed by atoms with E-state index in [1.165, 1.54) is 0 Å². The molecular weight excluding hydrogens is 260 g/mol. The van der Waals surface area contributed by atoms with Crippen molar-refractivity contribution in [2.24, 2.45) is 5.73 Å². The summed E-state index contributed by atoms with van der Waals surface area (Å²) in [6.07, 6.45) is -1.63. The average molecular weight is 275 g/mol. The smallest absolute Gasteiger partial charge is 0.168 e. The number of aliphatic hydroxyl groups excluding tert-OH is 2. The Balaban J connectivity index is 2.91. The first-order valence-electron chi connectivity index (χ1n) is 5.13. The second kappa shape index (κ2) is 6.76. The van der Waals surface area contributed by atoms with Gasteiger partial charge in [0.15, 0.2) is 5.11 Å². The van der Waals surface area contributed by atoms with E-state index in [4.69, 9.17) is 29.6 Å². The second-order valence-electron chi connectivity index (χ2n) is 3.57. The molecule has 6 heteroatoms. The van der Waals surface area contributed by atoms with Crippen LogP contribution in [0.4, 0.5) is 5.69 Å². The summed E-state index contributed by atoms with van der Waals surface area (Å²) in [6, 6.07) is 6.97.